The van der Waals surface area contributed by atoms with Crippen LogP contribution in [-0.2, 0) is 0 Å². The molecular weight excluding hydrogens is 313 g/mol. The van der Waals surface area contributed by atoms with E-state index in [4.69, 9.17) is 5.11 Å². The van der Waals surface area contributed by atoms with E-state index in [1.54, 1.807) is 19.9 Å². The number of fused-ring (bicyclic) bond motifs is 1. The van der Waals surface area contributed by atoms with Gasteiger partial charge in [-0.1, -0.05) is 6.92 Å². The lowest BCUT2D eigenvalue weighted by Gasteiger charge is -2.18. The molecule has 23 heavy (non-hydrogen) atoms. The Morgan fingerprint density at radius 3 is 2.65 bits per heavy atom. The largest absolute Gasteiger partial charge is 0.573 e. The molecule has 0 saturated carbocycles. The predicted octanol–water partition coefficient (Wildman–Crippen LogP) is 2.81. The fourth-order valence-corrected chi connectivity index (χ4v) is 2.01. The van der Waals surface area contributed by atoms with Crippen molar-refractivity contribution in [1.82, 2.24) is 10.3 Å². The Morgan fingerprint density at radius 1 is 1.35 bits per heavy atom. The van der Waals surface area contributed by atoms with Gasteiger partial charge in [0, 0.05) is 29.6 Å². The van der Waals surface area contributed by atoms with E-state index >= 15 is 0 Å². The van der Waals surface area contributed by atoms with Crippen molar-refractivity contribution in [2.24, 2.45) is 5.92 Å². The Kier molecular flexibility index (Phi) is 4.84. The average Bonchev–Trinajstić information content (AvgIpc) is 2.87. The first-order chi connectivity index (χ1) is 10.7. The third-order valence-corrected chi connectivity index (χ3v) is 3.57. The predicted molar refractivity (Wildman–Crippen MR) is 78.2 cm³/mol. The Bertz CT molecular complexity index is 697. The van der Waals surface area contributed by atoms with Crippen molar-refractivity contribution in [3.8, 4) is 5.75 Å². The normalized spacial score (nSPS) is 14.5. The fourth-order valence-electron chi connectivity index (χ4n) is 2.01. The number of aromatic nitrogens is 1. The molecule has 0 radical (unpaired) electrons. The number of carbonyl (C=O) groups excluding carboxylic acids is 1. The van der Waals surface area contributed by atoms with E-state index in [0.29, 0.717) is 10.9 Å². The van der Waals surface area contributed by atoms with Gasteiger partial charge in [0.1, 0.15) is 11.4 Å². The minimum atomic E-state index is -4.77. The van der Waals surface area contributed by atoms with E-state index in [1.165, 1.54) is 18.2 Å². The van der Waals surface area contributed by atoms with Gasteiger partial charge in [-0.2, -0.15) is 0 Å². The van der Waals surface area contributed by atoms with Crippen molar-refractivity contribution in [3.05, 3.63) is 30.0 Å². The average molecular weight is 330 g/mol. The van der Waals surface area contributed by atoms with Crippen LogP contribution >= 0.6 is 0 Å². The Hall–Kier alpha value is -2.22. The SMILES string of the molecule is CC(CO)C(C)NC(=O)c1cc2ccc(OC(F)(F)F)cc2[nH]1. The number of carbonyl (C=O) groups is 1. The molecule has 0 aliphatic rings. The van der Waals surface area contributed by atoms with Crippen LogP contribution < -0.4 is 10.1 Å². The van der Waals surface area contributed by atoms with E-state index in [2.05, 4.69) is 15.0 Å². The van der Waals surface area contributed by atoms with Crippen LogP contribution in [0.5, 0.6) is 5.75 Å². The number of nitrogens with one attached hydrogen (secondary N) is 2. The Morgan fingerprint density at radius 2 is 2.04 bits per heavy atom. The number of H-pyrrole nitrogens is 1. The molecule has 0 fully saturated rings. The van der Waals surface area contributed by atoms with Gasteiger partial charge < -0.3 is 20.1 Å². The van der Waals surface area contributed by atoms with Crippen molar-refractivity contribution >= 4 is 16.8 Å². The number of hydrogen-bond donors (Lipinski definition) is 3. The number of aliphatic hydroxyl groups is 1. The highest BCUT2D eigenvalue weighted by molar-refractivity contribution is 5.98. The van der Waals surface area contributed by atoms with E-state index in [1.807, 2.05) is 0 Å². The fraction of sp³-hybridized carbons (Fsp3) is 0.400. The van der Waals surface area contributed by atoms with Crippen LogP contribution in [0.4, 0.5) is 13.2 Å². The van der Waals surface area contributed by atoms with Crippen molar-refractivity contribution in [2.75, 3.05) is 6.61 Å². The minimum Gasteiger partial charge on any atom is -0.406 e. The van der Waals surface area contributed by atoms with E-state index < -0.39 is 12.3 Å². The van der Waals surface area contributed by atoms with Crippen LogP contribution in [0.15, 0.2) is 24.3 Å². The topological polar surface area (TPSA) is 74.3 Å². The highest BCUT2D eigenvalue weighted by Gasteiger charge is 2.31. The molecular formula is C15H17F3N2O3. The molecule has 1 aromatic carbocycles. The molecule has 0 bridgehead atoms. The van der Waals surface area contributed by atoms with Gasteiger partial charge in [-0.3, -0.25) is 4.79 Å². The molecule has 2 atom stereocenters. The molecule has 0 saturated heterocycles. The van der Waals surface area contributed by atoms with Gasteiger partial charge in [-0.15, -0.1) is 13.2 Å². The number of halogens is 3. The lowest BCUT2D eigenvalue weighted by Crippen LogP contribution is -2.38. The zero-order valence-corrected chi connectivity index (χ0v) is 12.6. The molecule has 5 nitrogen and oxygen atoms in total. The van der Waals surface area contributed by atoms with E-state index in [9.17, 15) is 18.0 Å². The second kappa shape index (κ2) is 6.49. The van der Waals surface area contributed by atoms with Gasteiger partial charge in [0.2, 0.25) is 0 Å². The third kappa shape index (κ3) is 4.38. The van der Waals surface area contributed by atoms with Crippen molar-refractivity contribution < 1.29 is 27.8 Å². The zero-order valence-electron chi connectivity index (χ0n) is 12.6. The summed E-state index contributed by atoms with van der Waals surface area (Å²) in [5, 5.41) is 12.4. The molecule has 0 aliphatic heterocycles. The quantitative estimate of drug-likeness (QED) is 0.789. The summed E-state index contributed by atoms with van der Waals surface area (Å²) in [6, 6.07) is 5.09. The molecule has 2 unspecified atom stereocenters. The monoisotopic (exact) mass is 330 g/mol. The van der Waals surface area contributed by atoms with Crippen LogP contribution in [0.3, 0.4) is 0 Å². The van der Waals surface area contributed by atoms with E-state index in [-0.39, 0.29) is 30.0 Å². The third-order valence-electron chi connectivity index (χ3n) is 3.57. The molecule has 1 amide bonds. The smallest absolute Gasteiger partial charge is 0.406 e. The van der Waals surface area contributed by atoms with Crippen LogP contribution in [0.1, 0.15) is 24.3 Å². The highest BCUT2D eigenvalue weighted by atomic mass is 19.4. The van der Waals surface area contributed by atoms with Crippen molar-refractivity contribution in [2.45, 2.75) is 26.3 Å². The van der Waals surface area contributed by atoms with Crippen molar-refractivity contribution in [3.63, 3.8) is 0 Å². The molecule has 1 heterocycles. The summed E-state index contributed by atoms with van der Waals surface area (Å²) in [5.41, 5.74) is 0.584. The minimum absolute atomic E-state index is 0.0632. The molecule has 8 heteroatoms. The lowest BCUT2D eigenvalue weighted by molar-refractivity contribution is -0.274. The maximum atomic E-state index is 12.2. The summed E-state index contributed by atoms with van der Waals surface area (Å²) in [7, 11) is 0. The zero-order chi connectivity index (χ0) is 17.2. The standard InChI is InChI=1S/C15H17F3N2O3/c1-8(7-21)9(2)19-14(22)13-5-10-3-4-11(6-12(10)20-13)23-15(16,17)18/h3-6,8-9,20-21H,7H2,1-2H3,(H,19,22). The first-order valence-corrected chi connectivity index (χ1v) is 7.00. The summed E-state index contributed by atoms with van der Waals surface area (Å²) in [6.45, 7) is 3.49. The number of rotatable bonds is 5. The number of alkyl halides is 3. The van der Waals surface area contributed by atoms with Crippen LogP contribution in [0.25, 0.3) is 10.9 Å². The molecule has 0 spiro atoms. The van der Waals surface area contributed by atoms with Crippen LogP contribution in [0.2, 0.25) is 0 Å². The van der Waals surface area contributed by atoms with Crippen LogP contribution in [-0.4, -0.2) is 35.0 Å². The second-order valence-electron chi connectivity index (χ2n) is 5.40. The van der Waals surface area contributed by atoms with Gasteiger partial charge in [0.05, 0.1) is 0 Å². The summed E-state index contributed by atoms with van der Waals surface area (Å²) >= 11 is 0. The molecule has 2 rings (SSSR count). The van der Waals surface area contributed by atoms with Gasteiger partial charge in [-0.05, 0) is 31.0 Å². The summed E-state index contributed by atoms with van der Waals surface area (Å²) in [4.78, 5) is 14.9. The number of hydrogen-bond acceptors (Lipinski definition) is 3. The summed E-state index contributed by atoms with van der Waals surface area (Å²) in [5.74, 6) is -0.872. The number of amides is 1. The van der Waals surface area contributed by atoms with Crippen molar-refractivity contribution in [1.29, 1.82) is 0 Å². The molecule has 126 valence electrons. The number of aliphatic hydroxyl groups excluding tert-OH is 1. The first kappa shape index (κ1) is 17.1. The Labute approximate surface area is 130 Å². The maximum absolute atomic E-state index is 12.2. The maximum Gasteiger partial charge on any atom is 0.573 e. The van der Waals surface area contributed by atoms with E-state index in [0.717, 1.165) is 0 Å². The first-order valence-electron chi connectivity index (χ1n) is 7.00. The molecule has 1 aromatic heterocycles. The number of benzene rings is 1. The number of aromatic amines is 1. The van der Waals surface area contributed by atoms with Crippen LogP contribution in [0, 0.1) is 5.92 Å². The summed E-state index contributed by atoms with van der Waals surface area (Å²) in [6.07, 6.45) is -4.77. The van der Waals surface area contributed by atoms with Gasteiger partial charge in [0.25, 0.3) is 5.91 Å². The lowest BCUT2D eigenvalue weighted by atomic mass is 10.1. The molecule has 3 N–H and O–H groups in total. The van der Waals surface area contributed by atoms with Gasteiger partial charge in [-0.25, -0.2) is 0 Å². The van der Waals surface area contributed by atoms with Gasteiger partial charge in [0.15, 0.2) is 0 Å². The number of ether oxygens (including phenoxy) is 1. The molecule has 2 aromatic rings. The van der Waals surface area contributed by atoms with Gasteiger partial charge >= 0.3 is 6.36 Å². The second-order valence-corrected chi connectivity index (χ2v) is 5.40. The Balaban J connectivity index is 2.18. The molecule has 0 aliphatic carbocycles. The summed E-state index contributed by atoms with van der Waals surface area (Å²) < 4.78 is 40.5. The highest BCUT2D eigenvalue weighted by Crippen LogP contribution is 2.26.